The smallest absolute Gasteiger partial charge is 0.0543 e. The third-order valence-corrected chi connectivity index (χ3v) is 3.98. The molecule has 0 rings (SSSR count). The summed E-state index contributed by atoms with van der Waals surface area (Å²) < 4.78 is 5.35. The first-order valence-electron chi connectivity index (χ1n) is 7.93. The molecule has 0 bridgehead atoms. The minimum absolute atomic E-state index is 0.391. The van der Waals surface area contributed by atoms with E-state index >= 15 is 0 Å². The fourth-order valence-electron chi connectivity index (χ4n) is 2.53. The van der Waals surface area contributed by atoms with Gasteiger partial charge in [-0.05, 0) is 38.6 Å². The lowest BCUT2D eigenvalue weighted by Gasteiger charge is -2.24. The van der Waals surface area contributed by atoms with Crippen molar-refractivity contribution in [2.75, 3.05) is 13.7 Å². The first kappa shape index (κ1) is 17.9. The van der Waals surface area contributed by atoms with Gasteiger partial charge in [-0.15, -0.1) is 0 Å². The molecule has 0 aromatic rings. The Morgan fingerprint density at radius 3 is 2.28 bits per heavy atom. The molecule has 0 fully saturated rings. The zero-order valence-corrected chi connectivity index (χ0v) is 13.3. The predicted molar refractivity (Wildman–Crippen MR) is 81.1 cm³/mol. The van der Waals surface area contributed by atoms with E-state index < -0.39 is 0 Å². The van der Waals surface area contributed by atoms with Crippen molar-refractivity contribution in [3.8, 4) is 0 Å². The Kier molecular flexibility index (Phi) is 11.9. The molecule has 3 atom stereocenters. The summed E-state index contributed by atoms with van der Waals surface area (Å²) in [6, 6.07) is 0.675. The summed E-state index contributed by atoms with van der Waals surface area (Å²) in [6.45, 7) is 10.1. The number of unbranched alkanes of at least 4 members (excludes halogenated alkanes) is 1. The summed E-state index contributed by atoms with van der Waals surface area (Å²) in [7, 11) is 1.81. The standard InChI is InChI=1S/C16H35NO/c1-6-9-10-15(7-2)13-16(17-8-3)12-11-14(4)18-5/h14-17H,6-13H2,1-5H3. The Hall–Kier alpha value is -0.0800. The molecule has 0 aromatic heterocycles. The van der Waals surface area contributed by atoms with Crippen molar-refractivity contribution in [3.63, 3.8) is 0 Å². The molecule has 0 saturated carbocycles. The molecule has 110 valence electrons. The number of rotatable bonds is 12. The average molecular weight is 257 g/mol. The first-order chi connectivity index (χ1) is 8.67. The van der Waals surface area contributed by atoms with Gasteiger partial charge in [0, 0.05) is 13.2 Å². The highest BCUT2D eigenvalue weighted by Gasteiger charge is 2.15. The van der Waals surface area contributed by atoms with Crippen LogP contribution in [0.5, 0.6) is 0 Å². The predicted octanol–water partition coefficient (Wildman–Crippen LogP) is 4.39. The number of ether oxygens (including phenoxy) is 1. The molecule has 1 N–H and O–H groups in total. The Morgan fingerprint density at radius 1 is 1.06 bits per heavy atom. The van der Waals surface area contributed by atoms with E-state index in [1.807, 2.05) is 7.11 Å². The van der Waals surface area contributed by atoms with Crippen molar-refractivity contribution in [1.29, 1.82) is 0 Å². The average Bonchev–Trinajstić information content (AvgIpc) is 2.40. The fraction of sp³-hybridized carbons (Fsp3) is 1.00. The van der Waals surface area contributed by atoms with Gasteiger partial charge < -0.3 is 10.1 Å². The Labute approximate surface area is 115 Å². The van der Waals surface area contributed by atoms with Gasteiger partial charge in [0.2, 0.25) is 0 Å². The van der Waals surface area contributed by atoms with Gasteiger partial charge in [0.15, 0.2) is 0 Å². The molecule has 18 heavy (non-hydrogen) atoms. The van der Waals surface area contributed by atoms with Crippen LogP contribution >= 0.6 is 0 Å². The second kappa shape index (κ2) is 12.0. The summed E-state index contributed by atoms with van der Waals surface area (Å²) in [5.41, 5.74) is 0. The third kappa shape index (κ3) is 8.93. The highest BCUT2D eigenvalue weighted by Crippen LogP contribution is 2.21. The first-order valence-corrected chi connectivity index (χ1v) is 7.93. The van der Waals surface area contributed by atoms with Gasteiger partial charge in [0.05, 0.1) is 6.10 Å². The molecular formula is C16H35NO. The maximum Gasteiger partial charge on any atom is 0.0543 e. The third-order valence-electron chi connectivity index (χ3n) is 3.98. The number of nitrogens with one attached hydrogen (secondary N) is 1. The molecule has 0 aliphatic carbocycles. The quantitative estimate of drug-likeness (QED) is 0.560. The van der Waals surface area contributed by atoms with Crippen LogP contribution in [0.3, 0.4) is 0 Å². The van der Waals surface area contributed by atoms with Gasteiger partial charge in [-0.1, -0.05) is 46.5 Å². The highest BCUT2D eigenvalue weighted by atomic mass is 16.5. The van der Waals surface area contributed by atoms with Gasteiger partial charge >= 0.3 is 0 Å². The monoisotopic (exact) mass is 257 g/mol. The summed E-state index contributed by atoms with van der Waals surface area (Å²) in [6.07, 6.45) is 9.55. The maximum atomic E-state index is 5.35. The van der Waals surface area contributed by atoms with E-state index in [-0.39, 0.29) is 0 Å². The Balaban J connectivity index is 4.05. The molecule has 0 spiro atoms. The van der Waals surface area contributed by atoms with Crippen molar-refractivity contribution in [1.82, 2.24) is 5.32 Å². The molecular weight excluding hydrogens is 222 g/mol. The van der Waals surface area contributed by atoms with Crippen LogP contribution in [0.1, 0.15) is 72.6 Å². The summed E-state index contributed by atoms with van der Waals surface area (Å²) >= 11 is 0. The van der Waals surface area contributed by atoms with E-state index in [1.165, 1.54) is 44.9 Å². The van der Waals surface area contributed by atoms with Crippen molar-refractivity contribution >= 4 is 0 Å². The van der Waals surface area contributed by atoms with Crippen LogP contribution in [-0.2, 0) is 4.74 Å². The lowest BCUT2D eigenvalue weighted by Crippen LogP contribution is -2.32. The second-order valence-electron chi connectivity index (χ2n) is 5.53. The molecule has 0 aliphatic heterocycles. The molecule has 2 heteroatoms. The van der Waals surface area contributed by atoms with E-state index in [1.54, 1.807) is 0 Å². The number of hydrogen-bond donors (Lipinski definition) is 1. The van der Waals surface area contributed by atoms with Crippen molar-refractivity contribution in [3.05, 3.63) is 0 Å². The highest BCUT2D eigenvalue weighted by molar-refractivity contribution is 4.72. The van der Waals surface area contributed by atoms with E-state index in [2.05, 4.69) is 33.0 Å². The van der Waals surface area contributed by atoms with E-state index in [0.29, 0.717) is 12.1 Å². The van der Waals surface area contributed by atoms with Crippen LogP contribution in [0.2, 0.25) is 0 Å². The molecule has 0 heterocycles. The largest absolute Gasteiger partial charge is 0.382 e. The minimum atomic E-state index is 0.391. The summed E-state index contributed by atoms with van der Waals surface area (Å²) in [5.74, 6) is 0.895. The second-order valence-corrected chi connectivity index (χ2v) is 5.53. The number of hydrogen-bond acceptors (Lipinski definition) is 2. The van der Waals surface area contributed by atoms with E-state index in [9.17, 15) is 0 Å². The van der Waals surface area contributed by atoms with Crippen LogP contribution in [0.15, 0.2) is 0 Å². The van der Waals surface area contributed by atoms with Crippen LogP contribution in [0, 0.1) is 5.92 Å². The molecule has 0 aliphatic rings. The SMILES string of the molecule is CCCCC(CC)CC(CCC(C)OC)NCC. The van der Waals surface area contributed by atoms with Crippen molar-refractivity contribution in [2.45, 2.75) is 84.8 Å². The molecule has 3 unspecified atom stereocenters. The summed E-state index contributed by atoms with van der Waals surface area (Å²) in [5, 5.41) is 3.65. The molecule has 0 amide bonds. The van der Waals surface area contributed by atoms with Crippen LogP contribution in [0.25, 0.3) is 0 Å². The van der Waals surface area contributed by atoms with Crippen molar-refractivity contribution in [2.24, 2.45) is 5.92 Å². The van der Waals surface area contributed by atoms with Gasteiger partial charge in [0.1, 0.15) is 0 Å². The zero-order valence-electron chi connectivity index (χ0n) is 13.3. The van der Waals surface area contributed by atoms with Crippen LogP contribution < -0.4 is 5.32 Å². The van der Waals surface area contributed by atoms with Gasteiger partial charge in [0.25, 0.3) is 0 Å². The van der Waals surface area contributed by atoms with Gasteiger partial charge in [-0.2, -0.15) is 0 Å². The Morgan fingerprint density at radius 2 is 1.78 bits per heavy atom. The van der Waals surface area contributed by atoms with Crippen molar-refractivity contribution < 1.29 is 4.74 Å². The van der Waals surface area contributed by atoms with E-state index in [0.717, 1.165) is 12.5 Å². The maximum absolute atomic E-state index is 5.35. The van der Waals surface area contributed by atoms with Gasteiger partial charge in [-0.3, -0.25) is 0 Å². The van der Waals surface area contributed by atoms with Gasteiger partial charge in [-0.25, -0.2) is 0 Å². The minimum Gasteiger partial charge on any atom is -0.382 e. The number of methoxy groups -OCH3 is 1. The lowest BCUT2D eigenvalue weighted by atomic mass is 9.90. The molecule has 0 saturated heterocycles. The summed E-state index contributed by atoms with van der Waals surface area (Å²) in [4.78, 5) is 0. The van der Waals surface area contributed by atoms with Crippen LogP contribution in [0.4, 0.5) is 0 Å². The zero-order chi connectivity index (χ0) is 13.8. The molecule has 0 radical (unpaired) electrons. The van der Waals surface area contributed by atoms with Crippen LogP contribution in [-0.4, -0.2) is 25.8 Å². The lowest BCUT2D eigenvalue weighted by molar-refractivity contribution is 0.105. The fourth-order valence-corrected chi connectivity index (χ4v) is 2.53. The van der Waals surface area contributed by atoms with E-state index in [4.69, 9.17) is 4.74 Å². The molecule has 2 nitrogen and oxygen atoms in total. The topological polar surface area (TPSA) is 21.3 Å². The Bertz CT molecular complexity index is 172. The normalized spacial score (nSPS) is 16.5. The molecule has 0 aromatic carbocycles.